The van der Waals surface area contributed by atoms with E-state index in [1.54, 1.807) is 24.3 Å². The third kappa shape index (κ3) is 3.99. The second-order valence-electron chi connectivity index (χ2n) is 4.92. The number of hydrogen-bond acceptors (Lipinski definition) is 3. The van der Waals surface area contributed by atoms with Gasteiger partial charge in [-0.05, 0) is 55.3 Å². The minimum absolute atomic E-state index is 0.180. The molecule has 110 valence electrons. The van der Waals surface area contributed by atoms with Crippen LogP contribution in [0.3, 0.4) is 0 Å². The van der Waals surface area contributed by atoms with Crippen molar-refractivity contribution in [3.05, 3.63) is 53.6 Å². The highest BCUT2D eigenvalue weighted by Crippen LogP contribution is 2.26. The molecule has 1 amide bonds. The lowest BCUT2D eigenvalue weighted by atomic mass is 10.1. The van der Waals surface area contributed by atoms with Gasteiger partial charge in [0, 0.05) is 11.3 Å². The maximum absolute atomic E-state index is 12.2. The number of benzene rings is 2. The molecule has 0 saturated carbocycles. The van der Waals surface area contributed by atoms with Gasteiger partial charge in [-0.15, -0.1) is 0 Å². The summed E-state index contributed by atoms with van der Waals surface area (Å²) < 4.78 is 5.69. The molecule has 0 fully saturated rings. The van der Waals surface area contributed by atoms with Gasteiger partial charge in [-0.1, -0.05) is 13.0 Å². The molecule has 0 atom stereocenters. The number of aryl methyl sites for hydroxylation is 1. The Morgan fingerprint density at radius 2 is 1.90 bits per heavy atom. The van der Waals surface area contributed by atoms with E-state index in [-0.39, 0.29) is 5.91 Å². The molecule has 0 unspecified atom stereocenters. The molecule has 0 heterocycles. The number of carbonyl (C=O) groups is 1. The first-order valence-corrected chi connectivity index (χ1v) is 7.00. The second-order valence-corrected chi connectivity index (χ2v) is 4.92. The third-order valence-corrected chi connectivity index (χ3v) is 3.02. The van der Waals surface area contributed by atoms with Gasteiger partial charge in [-0.2, -0.15) is 0 Å². The molecule has 0 aliphatic heterocycles. The van der Waals surface area contributed by atoms with Crippen LogP contribution in [0.25, 0.3) is 0 Å². The van der Waals surface area contributed by atoms with Crippen molar-refractivity contribution in [3.63, 3.8) is 0 Å². The Hall–Kier alpha value is -2.49. The molecule has 2 aromatic rings. The van der Waals surface area contributed by atoms with Crippen LogP contribution in [0, 0.1) is 6.92 Å². The molecule has 21 heavy (non-hydrogen) atoms. The van der Waals surface area contributed by atoms with Crippen LogP contribution < -0.4 is 15.8 Å². The average molecular weight is 284 g/mol. The Bertz CT molecular complexity index is 621. The first kappa shape index (κ1) is 14.9. The monoisotopic (exact) mass is 284 g/mol. The van der Waals surface area contributed by atoms with Crippen molar-refractivity contribution in [2.75, 3.05) is 17.7 Å². The van der Waals surface area contributed by atoms with Crippen LogP contribution in [-0.2, 0) is 0 Å². The SMILES string of the molecule is CCCOc1cc(C)ccc1NC(=O)c1ccc(N)cc1. The van der Waals surface area contributed by atoms with Gasteiger partial charge in [0.05, 0.1) is 12.3 Å². The number of hydrogen-bond donors (Lipinski definition) is 2. The highest BCUT2D eigenvalue weighted by atomic mass is 16.5. The molecule has 0 bridgehead atoms. The molecule has 2 rings (SSSR count). The Morgan fingerprint density at radius 3 is 2.57 bits per heavy atom. The zero-order valence-electron chi connectivity index (χ0n) is 12.3. The smallest absolute Gasteiger partial charge is 0.255 e. The lowest BCUT2D eigenvalue weighted by Gasteiger charge is -2.13. The summed E-state index contributed by atoms with van der Waals surface area (Å²) in [5.74, 6) is 0.515. The molecule has 0 aromatic heterocycles. The van der Waals surface area contributed by atoms with Gasteiger partial charge in [-0.3, -0.25) is 4.79 Å². The molecule has 2 aromatic carbocycles. The minimum Gasteiger partial charge on any atom is -0.491 e. The first-order valence-electron chi connectivity index (χ1n) is 7.00. The Labute approximate surface area is 124 Å². The van der Waals surface area contributed by atoms with Gasteiger partial charge in [0.25, 0.3) is 5.91 Å². The fraction of sp³-hybridized carbons (Fsp3) is 0.235. The summed E-state index contributed by atoms with van der Waals surface area (Å²) in [5.41, 5.74) is 8.58. The zero-order valence-corrected chi connectivity index (χ0v) is 12.3. The summed E-state index contributed by atoms with van der Waals surface area (Å²) in [4.78, 5) is 12.2. The van der Waals surface area contributed by atoms with E-state index in [9.17, 15) is 4.79 Å². The predicted octanol–water partition coefficient (Wildman–Crippen LogP) is 3.62. The van der Waals surface area contributed by atoms with Gasteiger partial charge in [0.2, 0.25) is 0 Å². The van der Waals surface area contributed by atoms with E-state index in [4.69, 9.17) is 10.5 Å². The van der Waals surface area contributed by atoms with Crippen LogP contribution >= 0.6 is 0 Å². The predicted molar refractivity (Wildman–Crippen MR) is 85.8 cm³/mol. The molecule has 0 radical (unpaired) electrons. The summed E-state index contributed by atoms with van der Waals surface area (Å²) in [7, 11) is 0. The summed E-state index contributed by atoms with van der Waals surface area (Å²) in [6.07, 6.45) is 0.916. The molecule has 4 heteroatoms. The summed E-state index contributed by atoms with van der Waals surface area (Å²) >= 11 is 0. The largest absolute Gasteiger partial charge is 0.491 e. The minimum atomic E-state index is -0.180. The number of anilines is 2. The van der Waals surface area contributed by atoms with Crippen LogP contribution in [0.1, 0.15) is 29.3 Å². The normalized spacial score (nSPS) is 10.2. The number of carbonyl (C=O) groups excluding carboxylic acids is 1. The van der Waals surface area contributed by atoms with Crippen LogP contribution in [-0.4, -0.2) is 12.5 Å². The quantitative estimate of drug-likeness (QED) is 0.824. The first-order chi connectivity index (χ1) is 10.1. The van der Waals surface area contributed by atoms with Gasteiger partial charge in [0.1, 0.15) is 5.75 Å². The maximum atomic E-state index is 12.2. The van der Waals surface area contributed by atoms with Crippen molar-refractivity contribution in [1.82, 2.24) is 0 Å². The molecule has 0 aliphatic rings. The molecular weight excluding hydrogens is 264 g/mol. The van der Waals surface area contributed by atoms with E-state index in [0.29, 0.717) is 29.3 Å². The number of nitrogen functional groups attached to an aromatic ring is 1. The topological polar surface area (TPSA) is 64.3 Å². The number of rotatable bonds is 5. The second kappa shape index (κ2) is 6.79. The van der Waals surface area contributed by atoms with Crippen LogP contribution in [0.2, 0.25) is 0 Å². The molecule has 0 saturated heterocycles. The van der Waals surface area contributed by atoms with Crippen molar-refractivity contribution in [1.29, 1.82) is 0 Å². The molecular formula is C17H20N2O2. The highest BCUT2D eigenvalue weighted by molar-refractivity contribution is 6.05. The van der Waals surface area contributed by atoms with Crippen molar-refractivity contribution in [2.24, 2.45) is 0 Å². The standard InChI is InChI=1S/C17H20N2O2/c1-3-10-21-16-11-12(2)4-9-15(16)19-17(20)13-5-7-14(18)8-6-13/h4-9,11H,3,10,18H2,1-2H3,(H,19,20). The summed E-state index contributed by atoms with van der Waals surface area (Å²) in [6, 6.07) is 12.5. The van der Waals surface area contributed by atoms with E-state index in [1.807, 2.05) is 32.0 Å². The van der Waals surface area contributed by atoms with E-state index >= 15 is 0 Å². The Morgan fingerprint density at radius 1 is 1.19 bits per heavy atom. The fourth-order valence-corrected chi connectivity index (χ4v) is 1.89. The summed E-state index contributed by atoms with van der Waals surface area (Å²) in [6.45, 7) is 4.65. The van der Waals surface area contributed by atoms with Gasteiger partial charge in [-0.25, -0.2) is 0 Å². The van der Waals surface area contributed by atoms with E-state index in [1.165, 1.54) is 0 Å². The third-order valence-electron chi connectivity index (χ3n) is 3.02. The number of nitrogens with one attached hydrogen (secondary N) is 1. The molecule has 0 spiro atoms. The van der Waals surface area contributed by atoms with E-state index in [2.05, 4.69) is 5.32 Å². The number of amides is 1. The maximum Gasteiger partial charge on any atom is 0.255 e. The average Bonchev–Trinajstić information content (AvgIpc) is 2.48. The molecule has 3 N–H and O–H groups in total. The van der Waals surface area contributed by atoms with Crippen LogP contribution in [0.15, 0.2) is 42.5 Å². The van der Waals surface area contributed by atoms with Crippen molar-refractivity contribution in [2.45, 2.75) is 20.3 Å². The highest BCUT2D eigenvalue weighted by Gasteiger charge is 2.10. The molecule has 0 aliphatic carbocycles. The van der Waals surface area contributed by atoms with Crippen LogP contribution in [0.4, 0.5) is 11.4 Å². The summed E-state index contributed by atoms with van der Waals surface area (Å²) in [5, 5.41) is 2.88. The lowest BCUT2D eigenvalue weighted by molar-refractivity contribution is 0.102. The van der Waals surface area contributed by atoms with Crippen molar-refractivity contribution in [3.8, 4) is 5.75 Å². The van der Waals surface area contributed by atoms with Crippen LogP contribution in [0.5, 0.6) is 5.75 Å². The van der Waals surface area contributed by atoms with Crippen molar-refractivity contribution < 1.29 is 9.53 Å². The van der Waals surface area contributed by atoms with Gasteiger partial charge >= 0.3 is 0 Å². The number of nitrogens with two attached hydrogens (primary N) is 1. The Balaban J connectivity index is 2.18. The zero-order chi connectivity index (χ0) is 15.2. The molecule has 4 nitrogen and oxygen atoms in total. The van der Waals surface area contributed by atoms with E-state index in [0.717, 1.165) is 12.0 Å². The number of ether oxygens (including phenoxy) is 1. The lowest BCUT2D eigenvalue weighted by Crippen LogP contribution is -2.13. The Kier molecular flexibility index (Phi) is 4.82. The van der Waals surface area contributed by atoms with Gasteiger partial charge in [0.15, 0.2) is 0 Å². The van der Waals surface area contributed by atoms with E-state index < -0.39 is 0 Å². The van der Waals surface area contributed by atoms with Gasteiger partial charge < -0.3 is 15.8 Å². The van der Waals surface area contributed by atoms with Crippen molar-refractivity contribution >= 4 is 17.3 Å². The fourth-order valence-electron chi connectivity index (χ4n) is 1.89.